The van der Waals surface area contributed by atoms with E-state index in [1.807, 2.05) is 59.3 Å². The summed E-state index contributed by atoms with van der Waals surface area (Å²) in [6.45, 7) is 0.419. The number of nitrogens with zero attached hydrogens (tertiary/aromatic N) is 3. The Morgan fingerprint density at radius 1 is 1.11 bits per heavy atom. The van der Waals surface area contributed by atoms with Crippen LogP contribution < -0.4 is 0 Å². The van der Waals surface area contributed by atoms with Crippen molar-refractivity contribution < 1.29 is 15.0 Å². The first-order valence-electron chi connectivity index (χ1n) is 7.93. The second-order valence-electron chi connectivity index (χ2n) is 5.53. The van der Waals surface area contributed by atoms with Gasteiger partial charge in [-0.25, -0.2) is 4.98 Å². The Morgan fingerprint density at radius 3 is 2.14 bits per heavy atom. The van der Waals surface area contributed by atoms with Crippen LogP contribution in [0, 0.1) is 10.1 Å². The molecule has 10 heteroatoms. The van der Waals surface area contributed by atoms with E-state index in [-0.39, 0.29) is 6.10 Å². The Labute approximate surface area is 176 Å². The molecule has 0 radical (unpaired) electrons. The van der Waals surface area contributed by atoms with Crippen molar-refractivity contribution in [3.8, 4) is 0 Å². The standard InChI is InChI=1S/C18H15Cl3N2O.HNO3/c19-15-5-1-13(2-6-15)11-24-17(14-3-7-16(20)8-4-14)18(21)23-10-9-22-12-23;2-1(3)4/h1-10,12,17-18H,11H2;(H,2,3,4). The number of aromatic nitrogens is 2. The molecule has 0 saturated heterocycles. The second-order valence-corrected chi connectivity index (χ2v) is 6.85. The van der Waals surface area contributed by atoms with Crippen LogP contribution in [0.2, 0.25) is 10.0 Å². The summed E-state index contributed by atoms with van der Waals surface area (Å²) in [6, 6.07) is 15.0. The molecule has 0 aliphatic rings. The lowest BCUT2D eigenvalue weighted by Gasteiger charge is -2.24. The zero-order valence-electron chi connectivity index (χ0n) is 14.4. The van der Waals surface area contributed by atoms with E-state index in [2.05, 4.69) is 4.98 Å². The van der Waals surface area contributed by atoms with Gasteiger partial charge in [0, 0.05) is 22.4 Å². The molecule has 0 bridgehead atoms. The van der Waals surface area contributed by atoms with Gasteiger partial charge in [-0.15, -0.1) is 10.1 Å². The van der Waals surface area contributed by atoms with Gasteiger partial charge in [-0.2, -0.15) is 0 Å². The van der Waals surface area contributed by atoms with Crippen molar-refractivity contribution in [1.82, 2.24) is 9.55 Å². The average Bonchev–Trinajstić information content (AvgIpc) is 3.19. The van der Waals surface area contributed by atoms with Gasteiger partial charge in [0.2, 0.25) is 0 Å². The van der Waals surface area contributed by atoms with Crippen LogP contribution in [0.4, 0.5) is 0 Å². The van der Waals surface area contributed by atoms with Gasteiger partial charge in [-0.3, -0.25) is 0 Å². The van der Waals surface area contributed by atoms with Crippen LogP contribution >= 0.6 is 34.8 Å². The summed E-state index contributed by atoms with van der Waals surface area (Å²) in [5, 5.41) is 15.0. The number of halogens is 3. The van der Waals surface area contributed by atoms with Gasteiger partial charge in [0.05, 0.1) is 12.9 Å². The molecule has 148 valence electrons. The van der Waals surface area contributed by atoms with E-state index in [1.54, 1.807) is 12.5 Å². The van der Waals surface area contributed by atoms with Gasteiger partial charge in [0.15, 0.2) is 0 Å². The van der Waals surface area contributed by atoms with Crippen LogP contribution in [0.25, 0.3) is 0 Å². The van der Waals surface area contributed by atoms with Crippen molar-refractivity contribution in [3.63, 3.8) is 0 Å². The lowest BCUT2D eigenvalue weighted by Crippen LogP contribution is -2.15. The molecule has 0 spiro atoms. The van der Waals surface area contributed by atoms with E-state index in [0.717, 1.165) is 11.1 Å². The molecular weight excluding hydrogens is 429 g/mol. The fraction of sp³-hybridized carbons (Fsp3) is 0.167. The van der Waals surface area contributed by atoms with E-state index in [9.17, 15) is 0 Å². The minimum absolute atomic E-state index is 0.353. The molecule has 0 amide bonds. The molecule has 3 rings (SSSR count). The molecule has 1 heterocycles. The fourth-order valence-electron chi connectivity index (χ4n) is 2.33. The lowest BCUT2D eigenvalue weighted by atomic mass is 10.1. The van der Waals surface area contributed by atoms with Gasteiger partial charge in [0.1, 0.15) is 11.6 Å². The Balaban J connectivity index is 0.000000640. The summed E-state index contributed by atoms with van der Waals surface area (Å²) < 4.78 is 7.92. The van der Waals surface area contributed by atoms with Gasteiger partial charge in [0.25, 0.3) is 5.09 Å². The maximum atomic E-state index is 8.36. The van der Waals surface area contributed by atoms with E-state index in [1.165, 1.54) is 0 Å². The highest BCUT2D eigenvalue weighted by atomic mass is 35.5. The maximum Gasteiger partial charge on any atom is 0.291 e. The molecule has 0 aliphatic heterocycles. The minimum atomic E-state index is -1.50. The van der Waals surface area contributed by atoms with Crippen LogP contribution in [-0.2, 0) is 11.3 Å². The number of hydrogen-bond acceptors (Lipinski definition) is 4. The smallest absolute Gasteiger partial charge is 0.291 e. The second kappa shape index (κ2) is 10.9. The molecule has 0 saturated carbocycles. The third-order valence-corrected chi connectivity index (χ3v) is 4.56. The first kappa shape index (κ1) is 22.0. The Hall–Kier alpha value is -2.32. The third kappa shape index (κ3) is 7.01. The molecule has 0 aliphatic carbocycles. The third-order valence-electron chi connectivity index (χ3n) is 3.60. The average molecular weight is 445 g/mol. The number of imidazole rings is 1. The molecule has 28 heavy (non-hydrogen) atoms. The van der Waals surface area contributed by atoms with Crippen LogP contribution in [0.15, 0.2) is 67.3 Å². The highest BCUT2D eigenvalue weighted by Gasteiger charge is 2.23. The Morgan fingerprint density at radius 2 is 1.64 bits per heavy atom. The Kier molecular flexibility index (Phi) is 8.53. The fourth-order valence-corrected chi connectivity index (χ4v) is 2.91. The normalized spacial score (nSPS) is 12.5. The van der Waals surface area contributed by atoms with Crippen molar-refractivity contribution in [2.24, 2.45) is 0 Å². The molecule has 2 aromatic carbocycles. The monoisotopic (exact) mass is 443 g/mol. The highest BCUT2D eigenvalue weighted by molar-refractivity contribution is 6.30. The summed E-state index contributed by atoms with van der Waals surface area (Å²) in [5.41, 5.74) is 1.54. The maximum absolute atomic E-state index is 8.36. The van der Waals surface area contributed by atoms with Crippen LogP contribution in [-0.4, -0.2) is 19.8 Å². The first-order valence-corrected chi connectivity index (χ1v) is 9.12. The lowest BCUT2D eigenvalue weighted by molar-refractivity contribution is -0.742. The predicted octanol–water partition coefficient (Wildman–Crippen LogP) is 5.54. The largest absolute Gasteiger partial charge is 0.365 e. The SMILES string of the molecule is Clc1ccc(COC(c2ccc(Cl)cc2)C(Cl)n2ccnc2)cc1.O=[N+]([O-])O. The zero-order valence-corrected chi connectivity index (χ0v) is 16.6. The topological polar surface area (TPSA) is 90.4 Å². The number of hydrogen-bond donors (Lipinski definition) is 1. The van der Waals surface area contributed by atoms with Crippen LogP contribution in [0.5, 0.6) is 0 Å². The molecule has 0 fully saturated rings. The van der Waals surface area contributed by atoms with Crippen molar-refractivity contribution in [3.05, 3.63) is 98.5 Å². The van der Waals surface area contributed by atoms with Crippen molar-refractivity contribution in [2.45, 2.75) is 18.2 Å². The number of benzene rings is 2. The van der Waals surface area contributed by atoms with Crippen molar-refractivity contribution >= 4 is 34.8 Å². The van der Waals surface area contributed by atoms with E-state index in [0.29, 0.717) is 16.7 Å². The van der Waals surface area contributed by atoms with Gasteiger partial charge >= 0.3 is 0 Å². The molecule has 2 unspecified atom stereocenters. The predicted molar refractivity (Wildman–Crippen MR) is 106 cm³/mol. The number of alkyl halides is 1. The van der Waals surface area contributed by atoms with E-state index >= 15 is 0 Å². The van der Waals surface area contributed by atoms with Gasteiger partial charge < -0.3 is 14.5 Å². The van der Waals surface area contributed by atoms with Crippen LogP contribution in [0.3, 0.4) is 0 Å². The number of ether oxygens (including phenoxy) is 1. The van der Waals surface area contributed by atoms with E-state index < -0.39 is 10.6 Å². The molecular formula is C18H16Cl3N3O4. The minimum Gasteiger partial charge on any atom is -0.365 e. The molecule has 7 nitrogen and oxygen atoms in total. The first-order chi connectivity index (χ1) is 13.4. The highest BCUT2D eigenvalue weighted by Crippen LogP contribution is 2.34. The van der Waals surface area contributed by atoms with Crippen molar-refractivity contribution in [2.75, 3.05) is 0 Å². The van der Waals surface area contributed by atoms with Crippen molar-refractivity contribution in [1.29, 1.82) is 0 Å². The molecule has 2 atom stereocenters. The molecule has 1 aromatic heterocycles. The summed E-state index contributed by atoms with van der Waals surface area (Å²) in [6.07, 6.45) is 4.82. The van der Waals surface area contributed by atoms with Gasteiger partial charge in [-0.05, 0) is 35.4 Å². The summed E-state index contributed by atoms with van der Waals surface area (Å²) >= 11 is 18.5. The summed E-state index contributed by atoms with van der Waals surface area (Å²) in [4.78, 5) is 12.4. The molecule has 3 aromatic rings. The zero-order chi connectivity index (χ0) is 20.5. The van der Waals surface area contributed by atoms with Crippen LogP contribution in [0.1, 0.15) is 22.7 Å². The Bertz CT molecular complexity index is 855. The number of rotatable bonds is 6. The summed E-state index contributed by atoms with van der Waals surface area (Å²) in [7, 11) is 0. The van der Waals surface area contributed by atoms with E-state index in [4.69, 9.17) is 54.9 Å². The quantitative estimate of drug-likeness (QED) is 0.306. The molecule has 1 N–H and O–H groups in total. The summed E-state index contributed by atoms with van der Waals surface area (Å²) in [5.74, 6) is 0. The van der Waals surface area contributed by atoms with Gasteiger partial charge in [-0.1, -0.05) is 59.1 Å².